The van der Waals surface area contributed by atoms with Crippen LogP contribution in [-0.2, 0) is 9.84 Å². The second kappa shape index (κ2) is 9.83. The number of ketones is 1. The van der Waals surface area contributed by atoms with E-state index >= 15 is 0 Å². The Bertz CT molecular complexity index is 1530. The molecule has 206 valence electrons. The van der Waals surface area contributed by atoms with Crippen molar-refractivity contribution in [2.75, 3.05) is 11.5 Å². The Balaban J connectivity index is 1.73. The first kappa shape index (κ1) is 27.8. The smallest absolute Gasteiger partial charge is 0.428 e. The normalized spacial score (nSPS) is 17.3. The summed E-state index contributed by atoms with van der Waals surface area (Å²) in [4.78, 5) is 30.9. The van der Waals surface area contributed by atoms with E-state index in [0.717, 1.165) is 16.7 Å². The topological polar surface area (TPSA) is 100 Å². The van der Waals surface area contributed by atoms with Gasteiger partial charge in [0, 0.05) is 30.3 Å². The number of benzene rings is 1. The summed E-state index contributed by atoms with van der Waals surface area (Å²) in [5, 5.41) is 0. The molecule has 0 saturated carbocycles. The molecule has 1 aromatic carbocycles. The third-order valence-electron chi connectivity index (χ3n) is 6.76. The molecule has 0 radical (unpaired) electrons. The number of carbonyl (C=O) groups is 1. The number of hydrogen-bond donors (Lipinski definition) is 0. The van der Waals surface area contributed by atoms with Crippen molar-refractivity contribution < 1.29 is 35.5 Å². The quantitative estimate of drug-likeness (QED) is 0.292. The van der Waals surface area contributed by atoms with E-state index < -0.39 is 39.2 Å². The first-order chi connectivity index (χ1) is 17.6. The van der Waals surface area contributed by atoms with E-state index in [1.807, 2.05) is 6.92 Å². The summed E-state index contributed by atoms with van der Waals surface area (Å²) in [7, 11) is -3.10. The number of nitrogens with zero attached hydrogens (tertiary/aromatic N) is 3. The van der Waals surface area contributed by atoms with Gasteiger partial charge in [-0.2, -0.15) is 17.6 Å². The minimum atomic E-state index is -4.72. The molecule has 3 heterocycles. The lowest BCUT2D eigenvalue weighted by atomic mass is 9.78. The number of sulfone groups is 1. The number of halogens is 4. The summed E-state index contributed by atoms with van der Waals surface area (Å²) in [6.07, 6.45) is -6.61. The predicted octanol–water partition coefficient (Wildman–Crippen LogP) is 4.79. The fraction of sp³-hybridized carbons (Fsp3) is 0.480. The Hall–Kier alpha value is -3.22. The van der Waals surface area contributed by atoms with Crippen LogP contribution in [0.2, 0.25) is 0 Å². The number of alkyl halides is 4. The second-order valence-corrected chi connectivity index (χ2v) is 12.5. The van der Waals surface area contributed by atoms with Crippen molar-refractivity contribution in [3.63, 3.8) is 0 Å². The average molecular weight is 558 g/mol. The lowest BCUT2D eigenvalue weighted by Gasteiger charge is -2.32. The van der Waals surface area contributed by atoms with Gasteiger partial charge in [-0.15, -0.1) is 0 Å². The monoisotopic (exact) mass is 557 g/mol. The molecule has 3 aromatic rings. The lowest BCUT2D eigenvalue weighted by Crippen LogP contribution is -2.33. The van der Waals surface area contributed by atoms with Gasteiger partial charge in [-0.25, -0.2) is 22.8 Å². The highest BCUT2D eigenvalue weighted by Gasteiger charge is 2.44. The summed E-state index contributed by atoms with van der Waals surface area (Å²) >= 11 is 0. The molecule has 2 aromatic heterocycles. The van der Waals surface area contributed by atoms with Gasteiger partial charge in [0.1, 0.15) is 15.6 Å². The summed E-state index contributed by atoms with van der Waals surface area (Å²) < 4.78 is 82.4. The molecule has 0 spiro atoms. The van der Waals surface area contributed by atoms with E-state index in [1.165, 1.54) is 29.0 Å². The lowest BCUT2D eigenvalue weighted by molar-refractivity contribution is -0.253. The third kappa shape index (κ3) is 5.47. The SMILES string of the molecule is CC(C)n1c(=O)n(-c2cccc(OC(F)(F)C(F)F)c2)c2ncc(C(=O)CC3(C)CCS(=O)(=O)CC3)cc21. The minimum absolute atomic E-state index is 0.0236. The van der Waals surface area contributed by atoms with Gasteiger partial charge < -0.3 is 4.74 Å². The van der Waals surface area contributed by atoms with Crippen LogP contribution < -0.4 is 10.4 Å². The molecule has 4 rings (SSSR count). The van der Waals surface area contributed by atoms with Crippen molar-refractivity contribution in [3.8, 4) is 11.4 Å². The summed E-state index contributed by atoms with van der Waals surface area (Å²) in [5.41, 5.74) is -0.308. The fourth-order valence-electron chi connectivity index (χ4n) is 4.57. The zero-order chi connectivity index (χ0) is 28.0. The van der Waals surface area contributed by atoms with Crippen molar-refractivity contribution in [2.45, 2.75) is 58.6 Å². The highest BCUT2D eigenvalue weighted by atomic mass is 32.2. The van der Waals surface area contributed by atoms with E-state index in [9.17, 15) is 35.6 Å². The molecule has 0 amide bonds. The zero-order valence-electron chi connectivity index (χ0n) is 21.0. The predicted molar refractivity (Wildman–Crippen MR) is 132 cm³/mol. The van der Waals surface area contributed by atoms with Crippen LogP contribution in [0.25, 0.3) is 16.9 Å². The molecule has 0 bridgehead atoms. The molecule has 1 fully saturated rings. The number of imidazole rings is 1. The number of pyridine rings is 1. The van der Waals surface area contributed by atoms with E-state index in [4.69, 9.17) is 0 Å². The maximum atomic E-state index is 13.4. The van der Waals surface area contributed by atoms with Crippen LogP contribution in [0.1, 0.15) is 56.4 Å². The van der Waals surface area contributed by atoms with Crippen molar-refractivity contribution in [3.05, 3.63) is 52.6 Å². The van der Waals surface area contributed by atoms with Crippen molar-refractivity contribution in [1.29, 1.82) is 0 Å². The van der Waals surface area contributed by atoms with Crippen LogP contribution in [0.4, 0.5) is 17.6 Å². The van der Waals surface area contributed by atoms with Gasteiger partial charge >= 0.3 is 18.2 Å². The maximum Gasteiger partial charge on any atom is 0.461 e. The van der Waals surface area contributed by atoms with Gasteiger partial charge in [0.05, 0.1) is 22.7 Å². The summed E-state index contributed by atoms with van der Waals surface area (Å²) in [6.45, 7) is 5.36. The average Bonchev–Trinajstić information content (AvgIpc) is 3.12. The highest BCUT2D eigenvalue weighted by Crippen LogP contribution is 2.37. The second-order valence-electron chi connectivity index (χ2n) is 10.2. The van der Waals surface area contributed by atoms with E-state index in [0.29, 0.717) is 18.4 Å². The Morgan fingerprint density at radius 1 is 1.18 bits per heavy atom. The zero-order valence-corrected chi connectivity index (χ0v) is 21.8. The summed E-state index contributed by atoms with van der Waals surface area (Å²) in [6, 6.07) is 5.94. The maximum absolute atomic E-state index is 13.4. The third-order valence-corrected chi connectivity index (χ3v) is 8.41. The number of fused-ring (bicyclic) bond motifs is 1. The molecule has 38 heavy (non-hydrogen) atoms. The van der Waals surface area contributed by atoms with Crippen LogP contribution in [0.15, 0.2) is 41.3 Å². The van der Waals surface area contributed by atoms with Gasteiger partial charge in [0.15, 0.2) is 11.4 Å². The number of hydrogen-bond acceptors (Lipinski definition) is 6. The molecule has 1 saturated heterocycles. The molecule has 0 unspecified atom stereocenters. The van der Waals surface area contributed by atoms with E-state index in [2.05, 4.69) is 9.72 Å². The van der Waals surface area contributed by atoms with Crippen LogP contribution >= 0.6 is 0 Å². The Morgan fingerprint density at radius 2 is 1.84 bits per heavy atom. The van der Waals surface area contributed by atoms with Crippen LogP contribution in [0.5, 0.6) is 5.75 Å². The molecule has 0 aliphatic carbocycles. The molecule has 8 nitrogen and oxygen atoms in total. The molecule has 1 aliphatic heterocycles. The van der Waals surface area contributed by atoms with Gasteiger partial charge in [-0.05, 0) is 50.3 Å². The molecular weight excluding hydrogens is 530 g/mol. The van der Waals surface area contributed by atoms with Gasteiger partial charge in [0.2, 0.25) is 0 Å². The Kier molecular flexibility index (Phi) is 7.19. The standard InChI is InChI=1S/C25H27F4N3O5S/c1-15(2)31-19-11-16(20(33)13-24(3)7-9-38(35,36)10-8-24)14-30-21(19)32(23(31)34)17-5-4-6-18(12-17)37-25(28,29)22(26)27/h4-6,11-12,14-15,22H,7-10,13H2,1-3H3. The minimum Gasteiger partial charge on any atom is -0.428 e. The van der Waals surface area contributed by atoms with Crippen molar-refractivity contribution in [1.82, 2.24) is 14.1 Å². The number of carbonyl (C=O) groups excluding carboxylic acids is 1. The van der Waals surface area contributed by atoms with Gasteiger partial charge in [-0.3, -0.25) is 9.36 Å². The molecule has 13 heteroatoms. The summed E-state index contributed by atoms with van der Waals surface area (Å²) in [5.74, 6) is -0.771. The first-order valence-corrected chi connectivity index (χ1v) is 13.8. The Morgan fingerprint density at radius 3 is 2.45 bits per heavy atom. The number of rotatable bonds is 8. The molecule has 0 atom stereocenters. The molecular formula is C25H27F4N3O5S. The van der Waals surface area contributed by atoms with Crippen LogP contribution in [0.3, 0.4) is 0 Å². The molecule has 1 aliphatic rings. The number of Topliss-reactive ketones (excluding diaryl/α,β-unsaturated/α-hetero) is 1. The molecule has 0 N–H and O–H groups in total. The van der Waals surface area contributed by atoms with Gasteiger partial charge in [0.25, 0.3) is 0 Å². The highest BCUT2D eigenvalue weighted by molar-refractivity contribution is 7.91. The first-order valence-electron chi connectivity index (χ1n) is 11.9. The van der Waals surface area contributed by atoms with E-state index in [1.54, 1.807) is 13.8 Å². The fourth-order valence-corrected chi connectivity index (χ4v) is 6.38. The van der Waals surface area contributed by atoms with Gasteiger partial charge in [-0.1, -0.05) is 13.0 Å². The Labute approximate surface area is 216 Å². The largest absolute Gasteiger partial charge is 0.461 e. The number of aromatic nitrogens is 3. The number of ether oxygens (including phenoxy) is 1. The van der Waals surface area contributed by atoms with E-state index in [-0.39, 0.29) is 46.6 Å². The van der Waals surface area contributed by atoms with Crippen molar-refractivity contribution >= 4 is 26.8 Å². The van der Waals surface area contributed by atoms with Crippen LogP contribution in [0, 0.1) is 5.41 Å². The van der Waals surface area contributed by atoms with Crippen molar-refractivity contribution in [2.24, 2.45) is 5.41 Å². The van der Waals surface area contributed by atoms with Crippen LogP contribution in [-0.4, -0.2) is 52.4 Å².